The second-order valence-electron chi connectivity index (χ2n) is 8.22. The molecule has 0 amide bonds. The molecule has 0 radical (unpaired) electrons. The van der Waals surface area contributed by atoms with Gasteiger partial charge in [0.1, 0.15) is 0 Å². The van der Waals surface area contributed by atoms with Crippen LogP contribution in [0.15, 0.2) is 60.7 Å². The maximum Gasteiger partial charge on any atom is 0.0409 e. The summed E-state index contributed by atoms with van der Waals surface area (Å²) in [6.07, 6.45) is 0. The van der Waals surface area contributed by atoms with Gasteiger partial charge < -0.3 is 14.7 Å². The zero-order chi connectivity index (χ0) is 20.0. The SMILES string of the molecule is CN(C)c1ccc(C2c3ccc(N(C)C)cc3-c3cccc(N(C)C)c32)cc1. The van der Waals surface area contributed by atoms with Gasteiger partial charge in [0, 0.05) is 65.3 Å². The standard InChI is InChI=1S/C25H29N3/c1-26(2)18-12-10-17(11-13-18)24-21-15-14-19(27(3)4)16-22(21)20-8-7-9-23(25(20)24)28(5)6/h7-16,24H,1-6H3. The summed E-state index contributed by atoms with van der Waals surface area (Å²) in [5, 5.41) is 0. The van der Waals surface area contributed by atoms with Crippen LogP contribution in [0, 0.1) is 0 Å². The highest BCUT2D eigenvalue weighted by Gasteiger charge is 2.33. The fourth-order valence-electron chi connectivity index (χ4n) is 4.26. The largest absolute Gasteiger partial charge is 0.378 e. The van der Waals surface area contributed by atoms with Crippen LogP contribution >= 0.6 is 0 Å². The lowest BCUT2D eigenvalue weighted by atomic mass is 9.88. The molecule has 1 unspecified atom stereocenters. The summed E-state index contributed by atoms with van der Waals surface area (Å²) in [6.45, 7) is 0. The number of rotatable bonds is 4. The van der Waals surface area contributed by atoms with E-state index in [9.17, 15) is 0 Å². The molecule has 0 saturated heterocycles. The van der Waals surface area contributed by atoms with E-state index in [-0.39, 0.29) is 5.92 Å². The minimum atomic E-state index is 0.260. The van der Waals surface area contributed by atoms with Gasteiger partial charge in [-0.3, -0.25) is 0 Å². The van der Waals surface area contributed by atoms with Gasteiger partial charge in [-0.05, 0) is 58.1 Å². The Kier molecular flexibility index (Phi) is 4.54. The number of anilines is 3. The lowest BCUT2D eigenvalue weighted by molar-refractivity contribution is 0.987. The van der Waals surface area contributed by atoms with E-state index in [1.807, 2.05) is 0 Å². The normalized spacial score (nSPS) is 14.4. The highest BCUT2D eigenvalue weighted by molar-refractivity contribution is 5.87. The molecule has 3 aromatic rings. The van der Waals surface area contributed by atoms with Crippen LogP contribution in [0.25, 0.3) is 11.1 Å². The summed E-state index contributed by atoms with van der Waals surface area (Å²) >= 11 is 0. The first-order chi connectivity index (χ1) is 13.4. The van der Waals surface area contributed by atoms with E-state index in [1.54, 1.807) is 0 Å². The van der Waals surface area contributed by atoms with Crippen molar-refractivity contribution in [2.24, 2.45) is 0 Å². The quantitative estimate of drug-likeness (QED) is 0.497. The van der Waals surface area contributed by atoms with Gasteiger partial charge >= 0.3 is 0 Å². The molecule has 3 nitrogen and oxygen atoms in total. The molecule has 3 heteroatoms. The fraction of sp³-hybridized carbons (Fsp3) is 0.280. The monoisotopic (exact) mass is 371 g/mol. The summed E-state index contributed by atoms with van der Waals surface area (Å²) in [6, 6.07) is 22.6. The smallest absolute Gasteiger partial charge is 0.0409 e. The zero-order valence-electron chi connectivity index (χ0n) is 17.7. The van der Waals surface area contributed by atoms with Crippen molar-refractivity contribution in [1.29, 1.82) is 0 Å². The van der Waals surface area contributed by atoms with Crippen LogP contribution in [0.4, 0.5) is 17.1 Å². The predicted molar refractivity (Wildman–Crippen MR) is 122 cm³/mol. The Morgan fingerprint density at radius 1 is 0.607 bits per heavy atom. The second-order valence-corrected chi connectivity index (χ2v) is 8.22. The van der Waals surface area contributed by atoms with Gasteiger partial charge in [-0.15, -0.1) is 0 Å². The second kappa shape index (κ2) is 6.90. The summed E-state index contributed by atoms with van der Waals surface area (Å²) in [7, 11) is 12.6. The summed E-state index contributed by atoms with van der Waals surface area (Å²) in [5.74, 6) is 0.260. The van der Waals surface area contributed by atoms with Crippen molar-refractivity contribution in [3.63, 3.8) is 0 Å². The van der Waals surface area contributed by atoms with Crippen molar-refractivity contribution in [2.45, 2.75) is 5.92 Å². The molecular weight excluding hydrogens is 342 g/mol. The molecule has 0 saturated carbocycles. The lowest BCUT2D eigenvalue weighted by Crippen LogP contribution is -2.13. The van der Waals surface area contributed by atoms with E-state index in [0.29, 0.717) is 0 Å². The third-order valence-corrected chi connectivity index (χ3v) is 5.75. The third-order valence-electron chi connectivity index (χ3n) is 5.75. The van der Waals surface area contributed by atoms with E-state index < -0.39 is 0 Å². The first kappa shape index (κ1) is 18.4. The molecular formula is C25H29N3. The predicted octanol–water partition coefficient (Wildman–Crippen LogP) is 5.05. The number of nitrogens with zero attached hydrogens (tertiary/aromatic N) is 3. The molecule has 1 aliphatic carbocycles. The van der Waals surface area contributed by atoms with E-state index in [0.717, 1.165) is 0 Å². The van der Waals surface area contributed by atoms with Crippen molar-refractivity contribution in [1.82, 2.24) is 0 Å². The first-order valence-corrected chi connectivity index (χ1v) is 9.77. The average molecular weight is 372 g/mol. The topological polar surface area (TPSA) is 9.72 Å². The molecule has 0 spiro atoms. The summed E-state index contributed by atoms with van der Waals surface area (Å²) in [5.41, 5.74) is 10.6. The van der Waals surface area contributed by atoms with Crippen LogP contribution in [-0.2, 0) is 0 Å². The molecule has 0 N–H and O–H groups in total. The zero-order valence-corrected chi connectivity index (χ0v) is 17.7. The maximum absolute atomic E-state index is 2.34. The number of hydrogen-bond donors (Lipinski definition) is 0. The van der Waals surface area contributed by atoms with Gasteiger partial charge in [0.15, 0.2) is 0 Å². The molecule has 4 rings (SSSR count). The Hall–Kier alpha value is -2.94. The molecule has 0 aromatic heterocycles. The van der Waals surface area contributed by atoms with Crippen LogP contribution in [0.1, 0.15) is 22.6 Å². The van der Waals surface area contributed by atoms with Crippen molar-refractivity contribution in [3.8, 4) is 11.1 Å². The van der Waals surface area contributed by atoms with E-state index in [1.165, 1.54) is 44.9 Å². The van der Waals surface area contributed by atoms with Crippen molar-refractivity contribution >= 4 is 17.1 Å². The molecule has 1 atom stereocenters. The highest BCUT2D eigenvalue weighted by Crippen LogP contribution is 2.52. The highest BCUT2D eigenvalue weighted by atomic mass is 15.1. The van der Waals surface area contributed by atoms with Crippen LogP contribution in [0.2, 0.25) is 0 Å². The van der Waals surface area contributed by atoms with Gasteiger partial charge in [-0.1, -0.05) is 30.3 Å². The minimum Gasteiger partial charge on any atom is -0.378 e. The number of benzene rings is 3. The molecule has 3 aromatic carbocycles. The number of hydrogen-bond acceptors (Lipinski definition) is 3. The van der Waals surface area contributed by atoms with Gasteiger partial charge in [-0.2, -0.15) is 0 Å². The maximum atomic E-state index is 2.34. The molecule has 0 bridgehead atoms. The summed E-state index contributed by atoms with van der Waals surface area (Å²) < 4.78 is 0. The lowest BCUT2D eigenvalue weighted by Gasteiger charge is -2.23. The Morgan fingerprint density at radius 3 is 1.86 bits per heavy atom. The van der Waals surface area contributed by atoms with Gasteiger partial charge in [0.2, 0.25) is 0 Å². The molecule has 28 heavy (non-hydrogen) atoms. The molecule has 1 aliphatic rings. The van der Waals surface area contributed by atoms with Crippen molar-refractivity contribution < 1.29 is 0 Å². The van der Waals surface area contributed by atoms with Gasteiger partial charge in [0.05, 0.1) is 0 Å². The van der Waals surface area contributed by atoms with E-state index >= 15 is 0 Å². The third kappa shape index (κ3) is 2.91. The van der Waals surface area contributed by atoms with Crippen molar-refractivity contribution in [2.75, 3.05) is 57.0 Å². The summed E-state index contributed by atoms with van der Waals surface area (Å²) in [4.78, 5) is 6.56. The van der Waals surface area contributed by atoms with Crippen molar-refractivity contribution in [3.05, 3.63) is 77.4 Å². The van der Waals surface area contributed by atoms with Crippen LogP contribution < -0.4 is 14.7 Å². The Bertz CT molecular complexity index is 1000. The van der Waals surface area contributed by atoms with E-state index in [4.69, 9.17) is 0 Å². The Labute approximate surface area is 168 Å². The fourth-order valence-corrected chi connectivity index (χ4v) is 4.26. The van der Waals surface area contributed by atoms with Gasteiger partial charge in [-0.25, -0.2) is 0 Å². The average Bonchev–Trinajstić information content (AvgIpc) is 3.01. The molecule has 144 valence electrons. The minimum absolute atomic E-state index is 0.260. The van der Waals surface area contributed by atoms with Gasteiger partial charge in [0.25, 0.3) is 0 Å². The first-order valence-electron chi connectivity index (χ1n) is 9.77. The molecule has 0 aliphatic heterocycles. The molecule has 0 fully saturated rings. The molecule has 0 heterocycles. The number of fused-ring (bicyclic) bond motifs is 3. The van der Waals surface area contributed by atoms with Crippen LogP contribution in [0.3, 0.4) is 0 Å². The Balaban J connectivity index is 1.95. The van der Waals surface area contributed by atoms with E-state index in [2.05, 4.69) is 118 Å². The Morgan fingerprint density at radius 2 is 1.25 bits per heavy atom. The van der Waals surface area contributed by atoms with Crippen LogP contribution in [-0.4, -0.2) is 42.3 Å². The van der Waals surface area contributed by atoms with Crippen LogP contribution in [0.5, 0.6) is 0 Å².